The van der Waals surface area contributed by atoms with Crippen LogP contribution < -0.4 is 0 Å². The molecule has 0 aliphatic rings. The van der Waals surface area contributed by atoms with Gasteiger partial charge in [0.25, 0.3) is 0 Å². The number of rotatable bonds is 5. The van der Waals surface area contributed by atoms with Crippen molar-refractivity contribution < 1.29 is 8.42 Å². The molecular formula is C17H16ClN3O2S. The normalized spacial score (nSPS) is 11.8. The van der Waals surface area contributed by atoms with Crippen LogP contribution in [0.3, 0.4) is 0 Å². The standard InChI is InChI=1S/C17H16ClN3O2S/c1-20(24(22,23)17-9-5-6-15(18)10-17)12-14-11-19-21(13-14)16-7-3-2-4-8-16/h2-11,13H,12H2,1H3. The molecule has 0 N–H and O–H groups in total. The Morgan fingerprint density at radius 3 is 2.58 bits per heavy atom. The van der Waals surface area contributed by atoms with Crippen LogP contribution in [0.1, 0.15) is 5.56 Å². The number of hydrogen-bond donors (Lipinski definition) is 0. The number of para-hydroxylation sites is 1. The van der Waals surface area contributed by atoms with Crippen LogP contribution in [0.5, 0.6) is 0 Å². The van der Waals surface area contributed by atoms with Crippen molar-refractivity contribution in [1.82, 2.24) is 14.1 Å². The second kappa shape index (κ2) is 6.76. The quantitative estimate of drug-likeness (QED) is 0.700. The molecule has 1 aromatic heterocycles. The van der Waals surface area contributed by atoms with Gasteiger partial charge in [-0.05, 0) is 30.3 Å². The van der Waals surface area contributed by atoms with Gasteiger partial charge in [-0.15, -0.1) is 0 Å². The van der Waals surface area contributed by atoms with Gasteiger partial charge in [-0.2, -0.15) is 9.40 Å². The molecule has 0 amide bonds. The third-order valence-corrected chi connectivity index (χ3v) is 5.60. The number of hydrogen-bond acceptors (Lipinski definition) is 3. The summed E-state index contributed by atoms with van der Waals surface area (Å²) >= 11 is 5.89. The molecule has 0 saturated carbocycles. The van der Waals surface area contributed by atoms with E-state index >= 15 is 0 Å². The molecule has 0 aliphatic heterocycles. The fourth-order valence-corrected chi connectivity index (χ4v) is 3.77. The van der Waals surface area contributed by atoms with Crippen molar-refractivity contribution in [2.45, 2.75) is 11.4 Å². The molecule has 5 nitrogen and oxygen atoms in total. The predicted octanol–water partition coefficient (Wildman–Crippen LogP) is 3.35. The van der Waals surface area contributed by atoms with E-state index in [-0.39, 0.29) is 11.4 Å². The minimum atomic E-state index is -3.60. The minimum absolute atomic E-state index is 0.174. The Labute approximate surface area is 146 Å². The van der Waals surface area contributed by atoms with Crippen LogP contribution in [0.2, 0.25) is 5.02 Å². The molecule has 0 atom stereocenters. The second-order valence-electron chi connectivity index (χ2n) is 5.35. The lowest BCUT2D eigenvalue weighted by Crippen LogP contribution is -2.26. The lowest BCUT2D eigenvalue weighted by molar-refractivity contribution is 0.466. The van der Waals surface area contributed by atoms with Gasteiger partial charge in [0.05, 0.1) is 16.8 Å². The zero-order valence-electron chi connectivity index (χ0n) is 13.0. The molecule has 1 heterocycles. The van der Waals surface area contributed by atoms with Crippen LogP contribution in [0.4, 0.5) is 0 Å². The van der Waals surface area contributed by atoms with E-state index in [9.17, 15) is 8.42 Å². The van der Waals surface area contributed by atoms with E-state index in [1.54, 1.807) is 23.0 Å². The van der Waals surface area contributed by atoms with Crippen molar-refractivity contribution in [3.05, 3.63) is 77.6 Å². The SMILES string of the molecule is CN(Cc1cnn(-c2ccccc2)c1)S(=O)(=O)c1cccc(Cl)c1. The van der Waals surface area contributed by atoms with Gasteiger partial charge in [0.2, 0.25) is 10.0 Å². The van der Waals surface area contributed by atoms with Crippen LogP contribution in [-0.4, -0.2) is 29.6 Å². The first-order valence-corrected chi connectivity index (χ1v) is 9.09. The van der Waals surface area contributed by atoms with Crippen molar-refractivity contribution >= 4 is 21.6 Å². The van der Waals surface area contributed by atoms with Crippen LogP contribution in [0.25, 0.3) is 5.69 Å². The number of aromatic nitrogens is 2. The monoisotopic (exact) mass is 361 g/mol. The summed E-state index contributed by atoms with van der Waals surface area (Å²) < 4.78 is 28.2. The lowest BCUT2D eigenvalue weighted by Gasteiger charge is -2.16. The summed E-state index contributed by atoms with van der Waals surface area (Å²) in [6.45, 7) is 0.224. The Kier molecular flexibility index (Phi) is 4.71. The van der Waals surface area contributed by atoms with Gasteiger partial charge >= 0.3 is 0 Å². The molecule has 0 spiro atoms. The molecule has 124 valence electrons. The maximum atomic E-state index is 12.6. The first kappa shape index (κ1) is 16.7. The van der Waals surface area contributed by atoms with E-state index in [1.165, 1.54) is 23.5 Å². The molecule has 0 bridgehead atoms. The van der Waals surface area contributed by atoms with Crippen LogP contribution in [0.15, 0.2) is 71.9 Å². The molecule has 3 aromatic rings. The fraction of sp³-hybridized carbons (Fsp3) is 0.118. The average molecular weight is 362 g/mol. The molecule has 0 unspecified atom stereocenters. The summed E-state index contributed by atoms with van der Waals surface area (Å²) in [7, 11) is -2.07. The van der Waals surface area contributed by atoms with E-state index in [4.69, 9.17) is 11.6 Å². The highest BCUT2D eigenvalue weighted by Crippen LogP contribution is 2.20. The van der Waals surface area contributed by atoms with Crippen LogP contribution >= 0.6 is 11.6 Å². The first-order chi connectivity index (χ1) is 11.5. The topological polar surface area (TPSA) is 55.2 Å². The average Bonchev–Trinajstić information content (AvgIpc) is 3.04. The molecular weight excluding hydrogens is 346 g/mol. The zero-order valence-corrected chi connectivity index (χ0v) is 14.6. The Morgan fingerprint density at radius 2 is 1.88 bits per heavy atom. The molecule has 0 aliphatic carbocycles. The van der Waals surface area contributed by atoms with Gasteiger partial charge in [0, 0.05) is 30.4 Å². The Bertz CT molecular complexity index is 939. The van der Waals surface area contributed by atoms with Gasteiger partial charge in [-0.3, -0.25) is 0 Å². The van der Waals surface area contributed by atoms with Crippen LogP contribution in [0, 0.1) is 0 Å². The molecule has 3 rings (SSSR count). The minimum Gasteiger partial charge on any atom is -0.241 e. The summed E-state index contributed by atoms with van der Waals surface area (Å²) in [6.07, 6.45) is 3.48. The Morgan fingerprint density at radius 1 is 1.12 bits per heavy atom. The smallest absolute Gasteiger partial charge is 0.241 e. The maximum Gasteiger partial charge on any atom is 0.243 e. The zero-order chi connectivity index (χ0) is 17.2. The molecule has 0 fully saturated rings. The van der Waals surface area contributed by atoms with Crippen molar-refractivity contribution in [2.75, 3.05) is 7.05 Å². The van der Waals surface area contributed by atoms with Crippen LogP contribution in [-0.2, 0) is 16.6 Å². The van der Waals surface area contributed by atoms with Gasteiger partial charge < -0.3 is 0 Å². The predicted molar refractivity (Wildman–Crippen MR) is 93.7 cm³/mol. The number of sulfonamides is 1. The molecule has 24 heavy (non-hydrogen) atoms. The first-order valence-electron chi connectivity index (χ1n) is 7.28. The van der Waals surface area contributed by atoms with E-state index in [1.807, 2.05) is 36.5 Å². The van der Waals surface area contributed by atoms with Gasteiger partial charge in [0.15, 0.2) is 0 Å². The van der Waals surface area contributed by atoms with E-state index in [0.717, 1.165) is 11.3 Å². The van der Waals surface area contributed by atoms with E-state index < -0.39 is 10.0 Å². The number of nitrogens with zero attached hydrogens (tertiary/aromatic N) is 3. The summed E-state index contributed by atoms with van der Waals surface area (Å²) in [5.74, 6) is 0. The highest BCUT2D eigenvalue weighted by molar-refractivity contribution is 7.89. The van der Waals surface area contributed by atoms with Crippen molar-refractivity contribution in [2.24, 2.45) is 0 Å². The Hall–Kier alpha value is -2.15. The molecule has 0 radical (unpaired) electrons. The highest BCUT2D eigenvalue weighted by Gasteiger charge is 2.21. The summed E-state index contributed by atoms with van der Waals surface area (Å²) in [5, 5.41) is 4.67. The van der Waals surface area contributed by atoms with Crippen molar-refractivity contribution in [1.29, 1.82) is 0 Å². The Balaban J connectivity index is 1.80. The third-order valence-electron chi connectivity index (χ3n) is 3.57. The van der Waals surface area contributed by atoms with E-state index in [2.05, 4.69) is 5.10 Å². The van der Waals surface area contributed by atoms with Gasteiger partial charge in [0.1, 0.15) is 0 Å². The maximum absolute atomic E-state index is 12.6. The largest absolute Gasteiger partial charge is 0.243 e. The fourth-order valence-electron chi connectivity index (χ4n) is 2.31. The van der Waals surface area contributed by atoms with E-state index in [0.29, 0.717) is 5.02 Å². The lowest BCUT2D eigenvalue weighted by atomic mass is 10.3. The second-order valence-corrected chi connectivity index (χ2v) is 7.83. The third kappa shape index (κ3) is 3.51. The van der Waals surface area contributed by atoms with Crippen molar-refractivity contribution in [3.8, 4) is 5.69 Å². The highest BCUT2D eigenvalue weighted by atomic mass is 35.5. The molecule has 7 heteroatoms. The number of benzene rings is 2. The molecule has 2 aromatic carbocycles. The summed E-state index contributed by atoms with van der Waals surface area (Å²) in [6, 6.07) is 15.9. The summed E-state index contributed by atoms with van der Waals surface area (Å²) in [4.78, 5) is 0.174. The molecule has 0 saturated heterocycles. The van der Waals surface area contributed by atoms with Crippen molar-refractivity contribution in [3.63, 3.8) is 0 Å². The van der Waals surface area contributed by atoms with Gasteiger partial charge in [-0.25, -0.2) is 13.1 Å². The summed E-state index contributed by atoms with van der Waals surface area (Å²) in [5.41, 5.74) is 1.72. The number of halogens is 1. The van der Waals surface area contributed by atoms with Gasteiger partial charge in [-0.1, -0.05) is 35.9 Å².